The van der Waals surface area contributed by atoms with Crippen molar-refractivity contribution in [2.45, 2.75) is 38.5 Å². The number of amides is 2. The fraction of sp³-hybridized carbons (Fsp3) is 0.846. The van der Waals surface area contributed by atoms with Crippen LogP contribution < -0.4 is 5.32 Å². The second-order valence-corrected chi connectivity index (χ2v) is 5.46. The third kappa shape index (κ3) is 3.37. The lowest BCUT2D eigenvalue weighted by molar-refractivity contribution is -0.143. The number of likely N-dealkylation sites (tertiary alicyclic amines) is 1. The van der Waals surface area contributed by atoms with E-state index in [2.05, 4.69) is 5.32 Å². The molecule has 2 aliphatic rings. The lowest BCUT2D eigenvalue weighted by atomic mass is 9.99. The molecule has 0 aromatic carbocycles. The first kappa shape index (κ1) is 13.2. The number of piperidine rings is 1. The standard InChI is InChI=1S/C13H22N2O3/c16-12(17)11-6-3-7-15(9-11)13(18)14-8-10-4-1-2-5-10/h10-11H,1-9H2,(H,14,18)(H,16,17)/t11-/m1/s1. The topological polar surface area (TPSA) is 69.6 Å². The summed E-state index contributed by atoms with van der Waals surface area (Å²) in [5.74, 6) is -0.562. The normalized spacial score (nSPS) is 25.1. The van der Waals surface area contributed by atoms with Crippen LogP contribution in [0.25, 0.3) is 0 Å². The van der Waals surface area contributed by atoms with Gasteiger partial charge < -0.3 is 15.3 Å². The van der Waals surface area contributed by atoms with Crippen molar-refractivity contribution in [1.82, 2.24) is 10.2 Å². The third-order valence-corrected chi connectivity index (χ3v) is 4.07. The molecule has 1 heterocycles. The van der Waals surface area contributed by atoms with Gasteiger partial charge in [-0.2, -0.15) is 0 Å². The highest BCUT2D eigenvalue weighted by atomic mass is 16.4. The molecule has 5 heteroatoms. The third-order valence-electron chi connectivity index (χ3n) is 4.07. The summed E-state index contributed by atoms with van der Waals surface area (Å²) >= 11 is 0. The van der Waals surface area contributed by atoms with E-state index in [0.29, 0.717) is 25.4 Å². The minimum absolute atomic E-state index is 0.0900. The number of hydrogen-bond donors (Lipinski definition) is 2. The van der Waals surface area contributed by atoms with Gasteiger partial charge >= 0.3 is 12.0 Å². The summed E-state index contributed by atoms with van der Waals surface area (Å²) in [4.78, 5) is 24.5. The van der Waals surface area contributed by atoms with Crippen molar-refractivity contribution in [3.05, 3.63) is 0 Å². The molecule has 0 unspecified atom stereocenters. The molecule has 0 bridgehead atoms. The molecule has 1 aliphatic carbocycles. The molecule has 0 radical (unpaired) electrons. The summed E-state index contributed by atoms with van der Waals surface area (Å²) < 4.78 is 0. The highest BCUT2D eigenvalue weighted by Gasteiger charge is 2.28. The number of urea groups is 1. The first-order valence-corrected chi connectivity index (χ1v) is 6.92. The fourth-order valence-electron chi connectivity index (χ4n) is 2.92. The van der Waals surface area contributed by atoms with Crippen molar-refractivity contribution in [3.63, 3.8) is 0 Å². The second-order valence-electron chi connectivity index (χ2n) is 5.46. The zero-order valence-corrected chi connectivity index (χ0v) is 10.7. The Morgan fingerprint density at radius 2 is 1.89 bits per heavy atom. The van der Waals surface area contributed by atoms with Crippen molar-refractivity contribution in [2.24, 2.45) is 11.8 Å². The van der Waals surface area contributed by atoms with Crippen LogP contribution in [0.4, 0.5) is 4.79 Å². The first-order chi connectivity index (χ1) is 8.66. The summed E-state index contributed by atoms with van der Waals surface area (Å²) in [6.45, 7) is 1.78. The van der Waals surface area contributed by atoms with Crippen LogP contribution in [-0.4, -0.2) is 41.6 Å². The molecule has 102 valence electrons. The molecule has 0 spiro atoms. The first-order valence-electron chi connectivity index (χ1n) is 6.92. The number of nitrogens with one attached hydrogen (secondary N) is 1. The van der Waals surface area contributed by atoms with Crippen LogP contribution in [-0.2, 0) is 4.79 Å². The monoisotopic (exact) mass is 254 g/mol. The van der Waals surface area contributed by atoms with Crippen LogP contribution >= 0.6 is 0 Å². The molecule has 1 saturated heterocycles. The van der Waals surface area contributed by atoms with Gasteiger partial charge in [-0.3, -0.25) is 4.79 Å². The molecule has 1 aliphatic heterocycles. The summed E-state index contributed by atoms with van der Waals surface area (Å²) in [6, 6.07) is -0.0900. The van der Waals surface area contributed by atoms with Gasteiger partial charge in [0.15, 0.2) is 0 Å². The molecule has 5 nitrogen and oxygen atoms in total. The number of carbonyl (C=O) groups is 2. The number of rotatable bonds is 3. The predicted molar refractivity (Wildman–Crippen MR) is 67.3 cm³/mol. The van der Waals surface area contributed by atoms with Crippen LogP contribution in [0.2, 0.25) is 0 Å². The quantitative estimate of drug-likeness (QED) is 0.805. The average Bonchev–Trinajstić information content (AvgIpc) is 2.89. The second kappa shape index (κ2) is 6.07. The summed E-state index contributed by atoms with van der Waals surface area (Å²) in [5, 5.41) is 11.9. The van der Waals surface area contributed by atoms with E-state index in [0.717, 1.165) is 13.0 Å². The maximum absolute atomic E-state index is 11.9. The van der Waals surface area contributed by atoms with Crippen molar-refractivity contribution < 1.29 is 14.7 Å². The number of carbonyl (C=O) groups excluding carboxylic acids is 1. The Morgan fingerprint density at radius 1 is 1.17 bits per heavy atom. The van der Waals surface area contributed by atoms with Crippen molar-refractivity contribution >= 4 is 12.0 Å². The molecule has 2 rings (SSSR count). The zero-order valence-electron chi connectivity index (χ0n) is 10.7. The molecule has 2 fully saturated rings. The molecule has 18 heavy (non-hydrogen) atoms. The molecular formula is C13H22N2O3. The fourth-order valence-corrected chi connectivity index (χ4v) is 2.92. The van der Waals surface area contributed by atoms with Crippen molar-refractivity contribution in [2.75, 3.05) is 19.6 Å². The Labute approximate surface area is 108 Å². The lowest BCUT2D eigenvalue weighted by Crippen LogP contribution is -2.47. The average molecular weight is 254 g/mol. The molecule has 0 aromatic heterocycles. The number of aliphatic carboxylic acids is 1. The van der Waals surface area contributed by atoms with Crippen LogP contribution in [0, 0.1) is 11.8 Å². The maximum atomic E-state index is 11.9. The van der Waals surface area contributed by atoms with Gasteiger partial charge in [0, 0.05) is 19.6 Å². The van der Waals surface area contributed by atoms with Crippen LogP contribution in [0.15, 0.2) is 0 Å². The maximum Gasteiger partial charge on any atom is 0.317 e. The Morgan fingerprint density at radius 3 is 2.56 bits per heavy atom. The highest BCUT2D eigenvalue weighted by Crippen LogP contribution is 2.24. The molecule has 2 N–H and O–H groups in total. The molecule has 1 atom stereocenters. The Hall–Kier alpha value is -1.26. The minimum atomic E-state index is -0.789. The molecule has 0 aromatic rings. The van der Waals surface area contributed by atoms with E-state index in [-0.39, 0.29) is 6.03 Å². The van der Waals surface area contributed by atoms with Crippen molar-refractivity contribution in [1.29, 1.82) is 0 Å². The van der Waals surface area contributed by atoms with E-state index in [1.807, 2.05) is 0 Å². The smallest absolute Gasteiger partial charge is 0.317 e. The van der Waals surface area contributed by atoms with Crippen LogP contribution in [0.5, 0.6) is 0 Å². The van der Waals surface area contributed by atoms with Gasteiger partial charge in [0.1, 0.15) is 0 Å². The lowest BCUT2D eigenvalue weighted by Gasteiger charge is -2.31. The van der Waals surface area contributed by atoms with Crippen LogP contribution in [0.3, 0.4) is 0 Å². The van der Waals surface area contributed by atoms with Gasteiger partial charge in [-0.1, -0.05) is 12.8 Å². The largest absolute Gasteiger partial charge is 0.481 e. The Kier molecular flexibility index (Phi) is 4.44. The zero-order chi connectivity index (χ0) is 13.0. The van der Waals surface area contributed by atoms with E-state index < -0.39 is 11.9 Å². The van der Waals surface area contributed by atoms with Gasteiger partial charge in [-0.15, -0.1) is 0 Å². The molecule has 2 amide bonds. The summed E-state index contributed by atoms with van der Waals surface area (Å²) in [7, 11) is 0. The van der Waals surface area contributed by atoms with E-state index in [1.54, 1.807) is 4.90 Å². The summed E-state index contributed by atoms with van der Waals surface area (Å²) in [5.41, 5.74) is 0. The van der Waals surface area contributed by atoms with E-state index in [9.17, 15) is 9.59 Å². The molecule has 1 saturated carbocycles. The number of nitrogens with zero attached hydrogens (tertiary/aromatic N) is 1. The van der Waals surface area contributed by atoms with E-state index >= 15 is 0 Å². The summed E-state index contributed by atoms with van der Waals surface area (Å²) in [6.07, 6.45) is 6.42. The number of hydrogen-bond acceptors (Lipinski definition) is 2. The van der Waals surface area contributed by atoms with Gasteiger partial charge in [0.2, 0.25) is 0 Å². The van der Waals surface area contributed by atoms with Gasteiger partial charge in [0.05, 0.1) is 5.92 Å². The van der Waals surface area contributed by atoms with Crippen LogP contribution in [0.1, 0.15) is 38.5 Å². The number of carboxylic acids is 1. The predicted octanol–water partition coefficient (Wildman–Crippen LogP) is 1.68. The minimum Gasteiger partial charge on any atom is -0.481 e. The van der Waals surface area contributed by atoms with E-state index in [1.165, 1.54) is 25.7 Å². The highest BCUT2D eigenvalue weighted by molar-refractivity contribution is 5.76. The van der Waals surface area contributed by atoms with Gasteiger partial charge in [-0.05, 0) is 31.6 Å². The molecular weight excluding hydrogens is 232 g/mol. The van der Waals surface area contributed by atoms with Gasteiger partial charge in [0.25, 0.3) is 0 Å². The Bertz CT molecular complexity index is 313. The van der Waals surface area contributed by atoms with Gasteiger partial charge in [-0.25, -0.2) is 4.79 Å². The SMILES string of the molecule is O=C(O)[C@@H]1CCCN(C(=O)NCC2CCCC2)C1. The van der Waals surface area contributed by atoms with Crippen molar-refractivity contribution in [3.8, 4) is 0 Å². The van der Waals surface area contributed by atoms with E-state index in [4.69, 9.17) is 5.11 Å². The Balaban J connectivity index is 1.75. The number of carboxylic acid groups (broad SMARTS) is 1.